The van der Waals surface area contributed by atoms with Gasteiger partial charge in [-0.1, -0.05) is 0 Å². The summed E-state index contributed by atoms with van der Waals surface area (Å²) in [5.74, 6) is -0.0136. The van der Waals surface area contributed by atoms with Crippen molar-refractivity contribution < 1.29 is 9.59 Å². The zero-order valence-electron chi connectivity index (χ0n) is 11.5. The van der Waals surface area contributed by atoms with E-state index < -0.39 is 0 Å². The van der Waals surface area contributed by atoms with E-state index in [2.05, 4.69) is 20.4 Å². The molecular weight excluding hydrogens is 256 g/mol. The number of hydrazone groups is 1. The van der Waals surface area contributed by atoms with Gasteiger partial charge in [0.1, 0.15) is 0 Å². The lowest BCUT2D eigenvalue weighted by Crippen LogP contribution is -2.28. The Kier molecular flexibility index (Phi) is 5.34. The lowest BCUT2D eigenvalue weighted by Gasteiger charge is -2.11. The van der Waals surface area contributed by atoms with Crippen molar-refractivity contribution in [1.29, 1.82) is 0 Å². The predicted molar refractivity (Wildman–Crippen MR) is 76.1 cm³/mol. The summed E-state index contributed by atoms with van der Waals surface area (Å²) in [6, 6.07) is 3.98. The number of hydrogen-bond acceptors (Lipinski definition) is 3. The van der Waals surface area contributed by atoms with Crippen LogP contribution in [0.4, 0.5) is 0 Å². The molecule has 0 saturated heterocycles. The molecule has 0 spiro atoms. The molecule has 0 bridgehead atoms. The second kappa shape index (κ2) is 7.47. The van der Waals surface area contributed by atoms with Crippen molar-refractivity contribution >= 4 is 17.5 Å². The molecule has 6 heteroatoms. The van der Waals surface area contributed by atoms with Gasteiger partial charge in [-0.05, 0) is 31.4 Å². The molecule has 1 aliphatic heterocycles. The fourth-order valence-electron chi connectivity index (χ4n) is 2.05. The molecular formula is C14H20N4O2. The average molecular weight is 276 g/mol. The van der Waals surface area contributed by atoms with Crippen LogP contribution in [0.25, 0.3) is 0 Å². The van der Waals surface area contributed by atoms with Crippen molar-refractivity contribution in [1.82, 2.24) is 15.3 Å². The number of hydrogen-bond donors (Lipinski definition) is 2. The maximum absolute atomic E-state index is 11.7. The molecule has 20 heavy (non-hydrogen) atoms. The summed E-state index contributed by atoms with van der Waals surface area (Å²) in [5, 5.41) is 6.85. The van der Waals surface area contributed by atoms with Gasteiger partial charge in [0.2, 0.25) is 11.8 Å². The lowest BCUT2D eigenvalue weighted by molar-refractivity contribution is -0.121. The van der Waals surface area contributed by atoms with Gasteiger partial charge >= 0.3 is 0 Å². The summed E-state index contributed by atoms with van der Waals surface area (Å²) in [4.78, 5) is 22.6. The van der Waals surface area contributed by atoms with Gasteiger partial charge in [-0.2, -0.15) is 5.10 Å². The molecule has 2 rings (SSSR count). The number of carbonyl (C=O) groups is 2. The summed E-state index contributed by atoms with van der Waals surface area (Å²) >= 11 is 0. The molecule has 2 amide bonds. The molecule has 0 unspecified atom stereocenters. The predicted octanol–water partition coefficient (Wildman–Crippen LogP) is 1.04. The first-order chi connectivity index (χ1) is 9.74. The Labute approximate surface area is 118 Å². The zero-order valence-corrected chi connectivity index (χ0v) is 11.5. The van der Waals surface area contributed by atoms with Crippen molar-refractivity contribution in [3.8, 4) is 0 Å². The van der Waals surface area contributed by atoms with Crippen LogP contribution < -0.4 is 10.7 Å². The van der Waals surface area contributed by atoms with Crippen molar-refractivity contribution in [3.63, 3.8) is 0 Å². The molecule has 0 aliphatic carbocycles. The van der Waals surface area contributed by atoms with Crippen molar-refractivity contribution in [2.45, 2.75) is 38.6 Å². The number of nitrogens with one attached hydrogen (secondary N) is 2. The van der Waals surface area contributed by atoms with E-state index >= 15 is 0 Å². The normalized spacial score (nSPS) is 14.6. The van der Waals surface area contributed by atoms with E-state index in [1.807, 2.05) is 24.5 Å². The van der Waals surface area contributed by atoms with Crippen LogP contribution in [-0.4, -0.2) is 28.6 Å². The zero-order chi connectivity index (χ0) is 14.2. The van der Waals surface area contributed by atoms with Crippen LogP contribution in [0.2, 0.25) is 0 Å². The molecule has 0 radical (unpaired) electrons. The Bertz CT molecular complexity index is 479. The summed E-state index contributed by atoms with van der Waals surface area (Å²) in [5.41, 5.74) is 3.33. The van der Waals surface area contributed by atoms with Crippen LogP contribution in [0, 0.1) is 0 Å². The van der Waals surface area contributed by atoms with Gasteiger partial charge in [0.15, 0.2) is 0 Å². The third-order valence-corrected chi connectivity index (χ3v) is 3.20. The van der Waals surface area contributed by atoms with Gasteiger partial charge in [-0.25, -0.2) is 5.43 Å². The second-order valence-corrected chi connectivity index (χ2v) is 4.84. The van der Waals surface area contributed by atoms with Crippen molar-refractivity contribution in [2.24, 2.45) is 5.10 Å². The SMILES string of the molecule is O=C(CCC1=NNC(=O)CC1)NCCCn1cccc1. The highest BCUT2D eigenvalue weighted by molar-refractivity contribution is 5.94. The van der Waals surface area contributed by atoms with Gasteiger partial charge in [0.25, 0.3) is 0 Å². The third kappa shape index (κ3) is 4.87. The summed E-state index contributed by atoms with van der Waals surface area (Å²) in [6.45, 7) is 1.59. The Hall–Kier alpha value is -2.11. The minimum absolute atomic E-state index is 0.0390. The maximum atomic E-state index is 11.7. The molecule has 0 fully saturated rings. The van der Waals surface area contributed by atoms with Gasteiger partial charge in [-0.15, -0.1) is 0 Å². The first-order valence-corrected chi connectivity index (χ1v) is 6.96. The first-order valence-electron chi connectivity index (χ1n) is 6.96. The van der Waals surface area contributed by atoms with E-state index in [1.54, 1.807) is 0 Å². The molecule has 6 nitrogen and oxygen atoms in total. The van der Waals surface area contributed by atoms with E-state index in [1.165, 1.54) is 0 Å². The molecule has 0 atom stereocenters. The molecule has 1 aliphatic rings. The quantitative estimate of drug-likeness (QED) is 0.730. The minimum Gasteiger partial charge on any atom is -0.356 e. The smallest absolute Gasteiger partial charge is 0.240 e. The summed E-state index contributed by atoms with van der Waals surface area (Å²) in [7, 11) is 0. The minimum atomic E-state index is -0.0526. The van der Waals surface area contributed by atoms with Crippen LogP contribution in [0.15, 0.2) is 29.6 Å². The Morgan fingerprint density at radius 1 is 1.35 bits per heavy atom. The Morgan fingerprint density at radius 2 is 2.15 bits per heavy atom. The standard InChI is InChI=1S/C14H20N4O2/c19-13(6-4-12-5-7-14(20)17-16-12)15-8-3-11-18-9-1-2-10-18/h1-2,9-10H,3-8,11H2,(H,15,19)(H,17,20). The highest BCUT2D eigenvalue weighted by Crippen LogP contribution is 2.05. The number of aromatic nitrogens is 1. The number of amides is 2. The maximum Gasteiger partial charge on any atom is 0.240 e. The fraction of sp³-hybridized carbons (Fsp3) is 0.500. The van der Waals surface area contributed by atoms with Gasteiger partial charge in [-0.3, -0.25) is 9.59 Å². The Balaban J connectivity index is 1.55. The van der Waals surface area contributed by atoms with Crippen LogP contribution in [0.5, 0.6) is 0 Å². The van der Waals surface area contributed by atoms with Crippen molar-refractivity contribution in [3.05, 3.63) is 24.5 Å². The fourth-order valence-corrected chi connectivity index (χ4v) is 2.05. The Morgan fingerprint density at radius 3 is 2.85 bits per heavy atom. The molecule has 1 aromatic heterocycles. The van der Waals surface area contributed by atoms with Crippen LogP contribution in [-0.2, 0) is 16.1 Å². The lowest BCUT2D eigenvalue weighted by atomic mass is 10.1. The van der Waals surface area contributed by atoms with E-state index in [0.717, 1.165) is 18.7 Å². The van der Waals surface area contributed by atoms with Crippen molar-refractivity contribution in [2.75, 3.05) is 6.54 Å². The molecule has 108 valence electrons. The summed E-state index contributed by atoms with van der Waals surface area (Å²) < 4.78 is 2.09. The number of aryl methyl sites for hydroxylation is 1. The van der Waals surface area contributed by atoms with Gasteiger partial charge in [0, 0.05) is 44.0 Å². The average Bonchev–Trinajstić information content (AvgIpc) is 2.96. The topological polar surface area (TPSA) is 75.5 Å². The highest BCUT2D eigenvalue weighted by Gasteiger charge is 2.12. The molecule has 0 saturated carbocycles. The summed E-state index contributed by atoms with van der Waals surface area (Å²) in [6.07, 6.45) is 7.11. The molecule has 2 N–H and O–H groups in total. The third-order valence-electron chi connectivity index (χ3n) is 3.20. The van der Waals surface area contributed by atoms with E-state index in [-0.39, 0.29) is 11.8 Å². The molecule has 2 heterocycles. The largest absolute Gasteiger partial charge is 0.356 e. The molecule has 0 aromatic carbocycles. The number of carbonyl (C=O) groups excluding carboxylic acids is 2. The van der Waals surface area contributed by atoms with Crippen LogP contribution >= 0.6 is 0 Å². The first kappa shape index (κ1) is 14.3. The number of rotatable bonds is 7. The van der Waals surface area contributed by atoms with Crippen LogP contribution in [0.1, 0.15) is 32.1 Å². The van der Waals surface area contributed by atoms with E-state index in [4.69, 9.17) is 0 Å². The van der Waals surface area contributed by atoms with E-state index in [9.17, 15) is 9.59 Å². The molecule has 1 aromatic rings. The van der Waals surface area contributed by atoms with Gasteiger partial charge in [0.05, 0.1) is 0 Å². The second-order valence-electron chi connectivity index (χ2n) is 4.84. The van der Waals surface area contributed by atoms with Gasteiger partial charge < -0.3 is 9.88 Å². The van der Waals surface area contributed by atoms with Crippen LogP contribution in [0.3, 0.4) is 0 Å². The monoisotopic (exact) mass is 276 g/mol. The highest BCUT2D eigenvalue weighted by atomic mass is 16.2. The van der Waals surface area contributed by atoms with E-state index in [0.29, 0.717) is 32.2 Å². The number of nitrogens with zero attached hydrogens (tertiary/aromatic N) is 2.